The van der Waals surface area contributed by atoms with E-state index in [0.29, 0.717) is 17.3 Å². The van der Waals surface area contributed by atoms with E-state index in [1.54, 1.807) is 6.07 Å². The van der Waals surface area contributed by atoms with Gasteiger partial charge in [0.05, 0.1) is 0 Å². The summed E-state index contributed by atoms with van der Waals surface area (Å²) in [6.45, 7) is 2.07. The fourth-order valence-corrected chi connectivity index (χ4v) is 4.59. The van der Waals surface area contributed by atoms with Crippen LogP contribution in [0.15, 0.2) is 60.7 Å². The molecule has 1 saturated carbocycles. The summed E-state index contributed by atoms with van der Waals surface area (Å²) in [6, 6.07) is 19.7. The molecule has 0 radical (unpaired) electrons. The van der Waals surface area contributed by atoms with Gasteiger partial charge in [0, 0.05) is 23.2 Å². The first-order valence-electron chi connectivity index (χ1n) is 10.5. The summed E-state index contributed by atoms with van der Waals surface area (Å²) in [7, 11) is 0. The molecule has 0 saturated heterocycles. The summed E-state index contributed by atoms with van der Waals surface area (Å²) in [5.74, 6) is -0.552. The van der Waals surface area contributed by atoms with Crippen LogP contribution in [0, 0.1) is 5.82 Å². The van der Waals surface area contributed by atoms with Crippen LogP contribution in [-0.2, 0) is 4.79 Å². The van der Waals surface area contributed by atoms with Gasteiger partial charge in [-0.15, -0.1) is 0 Å². The Morgan fingerprint density at radius 2 is 1.80 bits per heavy atom. The minimum Gasteiger partial charge on any atom is -0.480 e. The van der Waals surface area contributed by atoms with Gasteiger partial charge in [0.25, 0.3) is 0 Å². The van der Waals surface area contributed by atoms with Gasteiger partial charge < -0.3 is 15.7 Å². The molecule has 1 aliphatic rings. The molecule has 3 unspecified atom stereocenters. The molecule has 30 heavy (non-hydrogen) atoms. The molecule has 5 heteroatoms. The van der Waals surface area contributed by atoms with Crippen molar-refractivity contribution in [1.29, 1.82) is 0 Å². The van der Waals surface area contributed by atoms with Crippen LogP contribution in [0.2, 0.25) is 0 Å². The van der Waals surface area contributed by atoms with Crippen LogP contribution in [0.3, 0.4) is 0 Å². The number of hydrogen-bond acceptors (Lipinski definition) is 3. The number of fused-ring (bicyclic) bond motifs is 1. The van der Waals surface area contributed by atoms with Crippen molar-refractivity contribution in [2.45, 2.75) is 44.2 Å². The third-order valence-electron chi connectivity index (χ3n) is 6.12. The summed E-state index contributed by atoms with van der Waals surface area (Å²) in [5, 5.41) is 17.1. The van der Waals surface area contributed by atoms with Crippen molar-refractivity contribution in [2.24, 2.45) is 0 Å². The molecular weight excluding hydrogens is 379 g/mol. The van der Waals surface area contributed by atoms with Gasteiger partial charge in [-0.1, -0.05) is 42.5 Å². The van der Waals surface area contributed by atoms with Gasteiger partial charge in [-0.25, -0.2) is 4.39 Å². The third-order valence-corrected chi connectivity index (χ3v) is 6.12. The zero-order valence-corrected chi connectivity index (χ0v) is 17.1. The van der Waals surface area contributed by atoms with Gasteiger partial charge in [-0.2, -0.15) is 0 Å². The lowest BCUT2D eigenvalue weighted by Crippen LogP contribution is -2.29. The highest BCUT2D eigenvalue weighted by Crippen LogP contribution is 2.36. The number of nitrogens with one attached hydrogen (secondary N) is 2. The summed E-state index contributed by atoms with van der Waals surface area (Å²) in [6.07, 6.45) is 3.29. The number of benzene rings is 3. The molecular formula is C25H27FN2O2. The van der Waals surface area contributed by atoms with E-state index in [1.807, 2.05) is 42.5 Å². The summed E-state index contributed by atoms with van der Waals surface area (Å²) >= 11 is 0. The Kier molecular flexibility index (Phi) is 6.00. The van der Waals surface area contributed by atoms with Crippen LogP contribution in [-0.4, -0.2) is 23.7 Å². The Balaban J connectivity index is 1.39. The van der Waals surface area contributed by atoms with E-state index in [-0.39, 0.29) is 18.4 Å². The molecule has 0 aliphatic heterocycles. The Morgan fingerprint density at radius 3 is 2.53 bits per heavy atom. The zero-order chi connectivity index (χ0) is 21.1. The second-order valence-corrected chi connectivity index (χ2v) is 8.15. The average Bonchev–Trinajstić information content (AvgIpc) is 3.21. The third kappa shape index (κ3) is 4.46. The van der Waals surface area contributed by atoms with Crippen LogP contribution in [0.25, 0.3) is 10.8 Å². The average molecular weight is 407 g/mol. The van der Waals surface area contributed by atoms with Crippen molar-refractivity contribution in [3.8, 4) is 0 Å². The number of aliphatic carboxylic acids is 1. The van der Waals surface area contributed by atoms with Crippen molar-refractivity contribution < 1.29 is 14.3 Å². The van der Waals surface area contributed by atoms with E-state index in [1.165, 1.54) is 5.56 Å². The number of rotatable bonds is 7. The molecule has 3 aromatic carbocycles. The van der Waals surface area contributed by atoms with E-state index in [0.717, 1.165) is 35.9 Å². The number of hydrogen-bond donors (Lipinski definition) is 3. The van der Waals surface area contributed by atoms with E-state index in [9.17, 15) is 9.18 Å². The number of anilines is 1. The molecule has 0 aromatic heterocycles. The minimum atomic E-state index is -0.869. The Hall–Kier alpha value is -2.92. The molecule has 0 spiro atoms. The monoisotopic (exact) mass is 406 g/mol. The second-order valence-electron chi connectivity index (χ2n) is 8.15. The summed E-state index contributed by atoms with van der Waals surface area (Å²) < 4.78 is 14.1. The van der Waals surface area contributed by atoms with Crippen LogP contribution in [0.4, 0.5) is 10.1 Å². The molecule has 156 valence electrons. The van der Waals surface area contributed by atoms with E-state index < -0.39 is 5.97 Å². The fourth-order valence-electron chi connectivity index (χ4n) is 4.59. The second kappa shape index (κ2) is 8.84. The molecule has 3 atom stereocenters. The molecule has 3 aromatic rings. The molecule has 0 heterocycles. The standard InChI is InChI=1S/C25H27FN2O2/c1-16(21-12-13-24(26)23-5-3-2-4-22(21)23)28-20-11-8-18(14-20)17-6-9-19(10-7-17)27-15-25(29)30/h2-7,9-10,12-13,16,18,20,27-28H,8,11,14-15H2,1H3,(H,29,30). The van der Waals surface area contributed by atoms with Gasteiger partial charge in [0.15, 0.2) is 0 Å². The van der Waals surface area contributed by atoms with Gasteiger partial charge >= 0.3 is 5.97 Å². The Morgan fingerprint density at radius 1 is 1.07 bits per heavy atom. The topological polar surface area (TPSA) is 61.4 Å². The molecule has 0 bridgehead atoms. The van der Waals surface area contributed by atoms with E-state index >= 15 is 0 Å². The lowest BCUT2D eigenvalue weighted by molar-refractivity contribution is -0.134. The first-order valence-corrected chi connectivity index (χ1v) is 10.5. The van der Waals surface area contributed by atoms with Gasteiger partial charge in [0.2, 0.25) is 0 Å². The number of carbonyl (C=O) groups is 1. The predicted octanol–water partition coefficient (Wildman–Crippen LogP) is 5.46. The van der Waals surface area contributed by atoms with Crippen molar-refractivity contribution >= 4 is 22.4 Å². The van der Waals surface area contributed by atoms with Crippen LogP contribution in [0.5, 0.6) is 0 Å². The molecule has 1 fully saturated rings. The van der Waals surface area contributed by atoms with E-state index in [4.69, 9.17) is 5.11 Å². The van der Waals surface area contributed by atoms with Crippen molar-refractivity contribution in [2.75, 3.05) is 11.9 Å². The van der Waals surface area contributed by atoms with Gasteiger partial charge in [-0.05, 0) is 66.8 Å². The maximum atomic E-state index is 14.1. The Bertz CT molecular complexity index is 1040. The van der Waals surface area contributed by atoms with Crippen molar-refractivity contribution in [3.05, 3.63) is 77.6 Å². The number of carboxylic acid groups (broad SMARTS) is 1. The SMILES string of the molecule is CC(NC1CCC(c2ccc(NCC(=O)O)cc2)C1)c1ccc(F)c2ccccc12. The van der Waals surface area contributed by atoms with Gasteiger partial charge in [0.1, 0.15) is 12.4 Å². The largest absolute Gasteiger partial charge is 0.480 e. The number of halogens is 1. The fraction of sp³-hybridized carbons (Fsp3) is 0.320. The molecule has 1 aliphatic carbocycles. The van der Waals surface area contributed by atoms with Crippen LogP contribution in [0.1, 0.15) is 49.3 Å². The van der Waals surface area contributed by atoms with E-state index in [2.05, 4.69) is 29.7 Å². The quantitative estimate of drug-likeness (QED) is 0.487. The zero-order valence-electron chi connectivity index (χ0n) is 17.1. The normalized spacial score (nSPS) is 19.7. The highest BCUT2D eigenvalue weighted by molar-refractivity contribution is 5.86. The van der Waals surface area contributed by atoms with Crippen molar-refractivity contribution in [3.63, 3.8) is 0 Å². The molecule has 4 rings (SSSR count). The lowest BCUT2D eigenvalue weighted by Gasteiger charge is -2.22. The molecule has 4 nitrogen and oxygen atoms in total. The summed E-state index contributed by atoms with van der Waals surface area (Å²) in [5.41, 5.74) is 3.25. The maximum absolute atomic E-state index is 14.1. The van der Waals surface area contributed by atoms with Crippen LogP contribution < -0.4 is 10.6 Å². The Labute approximate surface area is 176 Å². The highest BCUT2D eigenvalue weighted by atomic mass is 19.1. The first-order chi connectivity index (χ1) is 14.5. The minimum absolute atomic E-state index is 0.0786. The number of carboxylic acids is 1. The summed E-state index contributed by atoms with van der Waals surface area (Å²) in [4.78, 5) is 10.7. The van der Waals surface area contributed by atoms with Crippen LogP contribution >= 0.6 is 0 Å². The molecule has 3 N–H and O–H groups in total. The molecule has 0 amide bonds. The predicted molar refractivity (Wildman–Crippen MR) is 118 cm³/mol. The first kappa shape index (κ1) is 20.4. The van der Waals surface area contributed by atoms with Gasteiger partial charge in [-0.3, -0.25) is 4.79 Å². The van der Waals surface area contributed by atoms with Crippen molar-refractivity contribution in [1.82, 2.24) is 5.32 Å². The smallest absolute Gasteiger partial charge is 0.322 e. The maximum Gasteiger partial charge on any atom is 0.322 e. The highest BCUT2D eigenvalue weighted by Gasteiger charge is 2.27. The lowest BCUT2D eigenvalue weighted by atomic mass is 9.96.